The molecule has 1 heterocycles. The van der Waals surface area contributed by atoms with Gasteiger partial charge in [0.2, 0.25) is 0 Å². The minimum absolute atomic E-state index is 0.0291. The Morgan fingerprint density at radius 1 is 1.04 bits per heavy atom. The summed E-state index contributed by atoms with van der Waals surface area (Å²) in [6, 6.07) is 13.1. The molecule has 0 bridgehead atoms. The van der Waals surface area contributed by atoms with Gasteiger partial charge in [-0.1, -0.05) is 29.8 Å². The van der Waals surface area contributed by atoms with Crippen LogP contribution in [0.3, 0.4) is 0 Å². The smallest absolute Gasteiger partial charge is 0.265 e. The van der Waals surface area contributed by atoms with Crippen molar-refractivity contribution >= 4 is 17.5 Å². The molecule has 142 valence electrons. The van der Waals surface area contributed by atoms with Crippen LogP contribution < -0.4 is 10.1 Å². The molecule has 27 heavy (non-hydrogen) atoms. The number of hydrogen-bond donors (Lipinski definition) is 1. The molecule has 1 fully saturated rings. The molecule has 1 unspecified atom stereocenters. The van der Waals surface area contributed by atoms with Crippen LogP contribution in [0.5, 0.6) is 5.75 Å². The second-order valence-electron chi connectivity index (χ2n) is 7.06. The molecule has 2 amide bonds. The van der Waals surface area contributed by atoms with Crippen LogP contribution in [0.25, 0.3) is 0 Å². The first-order chi connectivity index (χ1) is 13.0. The van der Waals surface area contributed by atoms with E-state index in [0.717, 1.165) is 37.1 Å². The van der Waals surface area contributed by atoms with Crippen molar-refractivity contribution in [2.45, 2.75) is 39.7 Å². The first-order valence-electron chi connectivity index (χ1n) is 9.39. The lowest BCUT2D eigenvalue weighted by Gasteiger charge is -2.21. The van der Waals surface area contributed by atoms with E-state index in [1.165, 1.54) is 0 Å². The molecular formula is C22H26N2O3. The Kier molecular flexibility index (Phi) is 5.79. The van der Waals surface area contributed by atoms with E-state index in [1.807, 2.05) is 55.1 Å². The number of rotatable bonds is 5. The van der Waals surface area contributed by atoms with E-state index in [4.69, 9.17) is 4.74 Å². The zero-order valence-electron chi connectivity index (χ0n) is 16.1. The quantitative estimate of drug-likeness (QED) is 0.872. The average Bonchev–Trinajstić information content (AvgIpc) is 3.19. The Morgan fingerprint density at radius 2 is 1.70 bits per heavy atom. The van der Waals surface area contributed by atoms with Crippen LogP contribution in [0.4, 0.5) is 5.69 Å². The number of para-hydroxylation sites is 1. The number of hydrogen-bond acceptors (Lipinski definition) is 3. The summed E-state index contributed by atoms with van der Waals surface area (Å²) < 4.78 is 5.74. The lowest BCUT2D eigenvalue weighted by atomic mass is 10.1. The third-order valence-corrected chi connectivity index (χ3v) is 4.85. The van der Waals surface area contributed by atoms with Gasteiger partial charge in [-0.25, -0.2) is 0 Å². The van der Waals surface area contributed by atoms with Crippen molar-refractivity contribution in [3.8, 4) is 5.75 Å². The molecule has 0 saturated carbocycles. The lowest BCUT2D eigenvalue weighted by molar-refractivity contribution is -0.122. The number of anilines is 1. The van der Waals surface area contributed by atoms with Crippen LogP contribution in [-0.4, -0.2) is 35.9 Å². The number of nitrogens with zero attached hydrogens (tertiary/aromatic N) is 1. The van der Waals surface area contributed by atoms with E-state index in [-0.39, 0.29) is 11.8 Å². The fourth-order valence-electron chi connectivity index (χ4n) is 3.20. The number of ether oxygens (including phenoxy) is 1. The summed E-state index contributed by atoms with van der Waals surface area (Å²) in [7, 11) is 0. The van der Waals surface area contributed by atoms with E-state index in [9.17, 15) is 9.59 Å². The number of carbonyl (C=O) groups excluding carboxylic acids is 2. The average molecular weight is 366 g/mol. The second-order valence-corrected chi connectivity index (χ2v) is 7.06. The molecule has 1 aliphatic heterocycles. The maximum Gasteiger partial charge on any atom is 0.265 e. The number of carbonyl (C=O) groups is 2. The summed E-state index contributed by atoms with van der Waals surface area (Å²) in [5.41, 5.74) is 3.09. The Morgan fingerprint density at radius 3 is 2.37 bits per heavy atom. The third-order valence-electron chi connectivity index (χ3n) is 4.85. The summed E-state index contributed by atoms with van der Waals surface area (Å²) in [6.07, 6.45) is 1.38. The lowest BCUT2D eigenvalue weighted by Crippen LogP contribution is -2.33. The molecule has 0 aromatic heterocycles. The van der Waals surface area contributed by atoms with Crippen molar-refractivity contribution in [1.82, 2.24) is 4.90 Å². The molecular weight excluding hydrogens is 340 g/mol. The van der Waals surface area contributed by atoms with E-state index in [0.29, 0.717) is 17.0 Å². The van der Waals surface area contributed by atoms with Crippen LogP contribution >= 0.6 is 0 Å². The highest BCUT2D eigenvalue weighted by atomic mass is 16.5. The molecule has 1 saturated heterocycles. The standard InChI is InChI=1S/C22H26N2O3/c1-15-9-11-18(12-10-15)27-17(3)21(25)23-20-16(2)7-6-8-19(20)22(26)24-13-4-5-14-24/h6-12,17H,4-5,13-14H2,1-3H3,(H,23,25). The Bertz CT molecular complexity index is 824. The maximum absolute atomic E-state index is 12.8. The van der Waals surface area contributed by atoms with E-state index in [1.54, 1.807) is 13.0 Å². The van der Waals surface area contributed by atoms with Crippen LogP contribution in [0.2, 0.25) is 0 Å². The van der Waals surface area contributed by atoms with Gasteiger partial charge in [0, 0.05) is 13.1 Å². The maximum atomic E-state index is 12.8. The Balaban J connectivity index is 1.74. The number of benzene rings is 2. The molecule has 1 atom stereocenters. The molecule has 5 nitrogen and oxygen atoms in total. The molecule has 1 aliphatic rings. The fraction of sp³-hybridized carbons (Fsp3) is 0.364. The number of aryl methyl sites for hydroxylation is 2. The molecule has 1 N–H and O–H groups in total. The Hall–Kier alpha value is -2.82. The Labute approximate surface area is 160 Å². The van der Waals surface area contributed by atoms with Crippen molar-refractivity contribution < 1.29 is 14.3 Å². The summed E-state index contributed by atoms with van der Waals surface area (Å²) >= 11 is 0. The normalized spacial score (nSPS) is 14.7. The van der Waals surface area contributed by atoms with Gasteiger partial charge in [0.15, 0.2) is 6.10 Å². The SMILES string of the molecule is Cc1ccc(OC(C)C(=O)Nc2c(C)cccc2C(=O)N2CCCC2)cc1. The van der Waals surface area contributed by atoms with Crippen molar-refractivity contribution in [2.75, 3.05) is 18.4 Å². The van der Waals surface area contributed by atoms with Gasteiger partial charge in [0.1, 0.15) is 5.75 Å². The summed E-state index contributed by atoms with van der Waals surface area (Å²) in [6.45, 7) is 7.13. The fourth-order valence-corrected chi connectivity index (χ4v) is 3.20. The van der Waals surface area contributed by atoms with Crippen LogP contribution in [0, 0.1) is 13.8 Å². The van der Waals surface area contributed by atoms with Crippen LogP contribution in [0.15, 0.2) is 42.5 Å². The van der Waals surface area contributed by atoms with Gasteiger partial charge in [0.25, 0.3) is 11.8 Å². The number of nitrogens with one attached hydrogen (secondary N) is 1. The highest BCUT2D eigenvalue weighted by Gasteiger charge is 2.24. The summed E-state index contributed by atoms with van der Waals surface area (Å²) in [4.78, 5) is 27.4. The zero-order chi connectivity index (χ0) is 19.4. The molecule has 0 aliphatic carbocycles. The van der Waals surface area contributed by atoms with Gasteiger partial charge in [-0.05, 0) is 57.4 Å². The van der Waals surface area contributed by atoms with Crippen molar-refractivity contribution in [1.29, 1.82) is 0 Å². The highest BCUT2D eigenvalue weighted by molar-refractivity contribution is 6.05. The highest BCUT2D eigenvalue weighted by Crippen LogP contribution is 2.24. The van der Waals surface area contributed by atoms with Gasteiger partial charge < -0.3 is 15.0 Å². The molecule has 5 heteroatoms. The monoisotopic (exact) mass is 366 g/mol. The van der Waals surface area contributed by atoms with Crippen LogP contribution in [-0.2, 0) is 4.79 Å². The van der Waals surface area contributed by atoms with E-state index < -0.39 is 6.10 Å². The molecule has 0 spiro atoms. The largest absolute Gasteiger partial charge is 0.481 e. The molecule has 2 aromatic carbocycles. The third kappa shape index (κ3) is 4.48. The topological polar surface area (TPSA) is 58.6 Å². The van der Waals surface area contributed by atoms with Crippen molar-refractivity contribution in [3.63, 3.8) is 0 Å². The molecule has 3 rings (SSSR count). The number of amides is 2. The minimum Gasteiger partial charge on any atom is -0.481 e. The van der Waals surface area contributed by atoms with Crippen LogP contribution in [0.1, 0.15) is 41.3 Å². The summed E-state index contributed by atoms with van der Waals surface area (Å²) in [5.74, 6) is 0.334. The zero-order valence-corrected chi connectivity index (χ0v) is 16.1. The molecule has 0 radical (unpaired) electrons. The van der Waals surface area contributed by atoms with Crippen molar-refractivity contribution in [2.24, 2.45) is 0 Å². The minimum atomic E-state index is -0.679. The first-order valence-corrected chi connectivity index (χ1v) is 9.39. The van der Waals surface area contributed by atoms with Gasteiger partial charge >= 0.3 is 0 Å². The molecule has 2 aromatic rings. The van der Waals surface area contributed by atoms with Gasteiger partial charge in [0.05, 0.1) is 11.3 Å². The number of likely N-dealkylation sites (tertiary alicyclic amines) is 1. The van der Waals surface area contributed by atoms with Gasteiger partial charge in [-0.3, -0.25) is 9.59 Å². The van der Waals surface area contributed by atoms with E-state index >= 15 is 0 Å². The predicted octanol–water partition coefficient (Wildman–Crippen LogP) is 3.95. The summed E-state index contributed by atoms with van der Waals surface area (Å²) in [5, 5.41) is 2.90. The van der Waals surface area contributed by atoms with Gasteiger partial charge in [-0.2, -0.15) is 0 Å². The predicted molar refractivity (Wildman–Crippen MR) is 106 cm³/mol. The second kappa shape index (κ2) is 8.25. The first kappa shape index (κ1) is 19.0. The van der Waals surface area contributed by atoms with Crippen molar-refractivity contribution in [3.05, 3.63) is 59.2 Å². The van der Waals surface area contributed by atoms with Gasteiger partial charge in [-0.15, -0.1) is 0 Å². The van der Waals surface area contributed by atoms with E-state index in [2.05, 4.69) is 5.32 Å².